The zero-order valence-corrected chi connectivity index (χ0v) is 10.0. The van der Waals surface area contributed by atoms with Crippen molar-refractivity contribution in [3.05, 3.63) is 35.4 Å². The Morgan fingerprint density at radius 3 is 2.38 bits per heavy atom. The molecule has 0 heterocycles. The Hall–Kier alpha value is -0.820. The Morgan fingerprint density at radius 1 is 1.19 bits per heavy atom. The van der Waals surface area contributed by atoms with Gasteiger partial charge in [0.2, 0.25) is 0 Å². The number of aryl methyl sites for hydroxylation is 1. The monoisotopic (exact) mass is 215 g/mol. The van der Waals surface area contributed by atoms with Gasteiger partial charge in [-0.05, 0) is 48.1 Å². The third-order valence-electron chi connectivity index (χ3n) is 4.66. The SMILES string of the molecule is CCc1ccc(C(N)C2C3CCCC32)cc1. The van der Waals surface area contributed by atoms with Crippen LogP contribution in [0.25, 0.3) is 0 Å². The average molecular weight is 215 g/mol. The number of fused-ring (bicyclic) bond motifs is 1. The van der Waals surface area contributed by atoms with Gasteiger partial charge in [0, 0.05) is 6.04 Å². The van der Waals surface area contributed by atoms with Crippen LogP contribution in [0, 0.1) is 17.8 Å². The fraction of sp³-hybridized carbons (Fsp3) is 0.600. The molecule has 2 aliphatic rings. The van der Waals surface area contributed by atoms with E-state index in [1.54, 1.807) is 0 Å². The Labute approximate surface area is 98.0 Å². The molecule has 0 bridgehead atoms. The molecule has 2 fully saturated rings. The lowest BCUT2D eigenvalue weighted by Gasteiger charge is -2.14. The second-order valence-corrected chi connectivity index (χ2v) is 5.46. The van der Waals surface area contributed by atoms with Crippen molar-refractivity contribution >= 4 is 0 Å². The van der Waals surface area contributed by atoms with Crippen LogP contribution in [0.3, 0.4) is 0 Å². The predicted molar refractivity (Wildman–Crippen MR) is 67.1 cm³/mol. The third kappa shape index (κ3) is 1.58. The Bertz CT molecular complexity index is 358. The molecule has 0 amide bonds. The maximum Gasteiger partial charge on any atom is 0.0329 e. The Balaban J connectivity index is 1.72. The number of hydrogen-bond acceptors (Lipinski definition) is 1. The van der Waals surface area contributed by atoms with Gasteiger partial charge in [0.05, 0.1) is 0 Å². The van der Waals surface area contributed by atoms with Crippen molar-refractivity contribution in [3.8, 4) is 0 Å². The molecule has 2 aliphatic carbocycles. The van der Waals surface area contributed by atoms with Crippen LogP contribution < -0.4 is 5.73 Å². The lowest BCUT2D eigenvalue weighted by molar-refractivity contribution is 0.502. The Kier molecular flexibility index (Phi) is 2.51. The minimum absolute atomic E-state index is 0.293. The van der Waals surface area contributed by atoms with E-state index in [9.17, 15) is 0 Å². The van der Waals surface area contributed by atoms with E-state index in [2.05, 4.69) is 31.2 Å². The lowest BCUT2D eigenvalue weighted by atomic mass is 9.96. The lowest BCUT2D eigenvalue weighted by Crippen LogP contribution is -2.15. The summed E-state index contributed by atoms with van der Waals surface area (Å²) < 4.78 is 0. The molecule has 86 valence electrons. The second kappa shape index (κ2) is 3.89. The minimum Gasteiger partial charge on any atom is -0.324 e. The van der Waals surface area contributed by atoms with E-state index in [4.69, 9.17) is 5.73 Å². The van der Waals surface area contributed by atoms with Crippen LogP contribution in [0.2, 0.25) is 0 Å². The normalized spacial score (nSPS) is 33.5. The molecule has 0 saturated heterocycles. The molecule has 3 unspecified atom stereocenters. The van der Waals surface area contributed by atoms with Crippen LogP contribution in [0.1, 0.15) is 43.4 Å². The van der Waals surface area contributed by atoms with Gasteiger partial charge in [-0.2, -0.15) is 0 Å². The number of nitrogens with two attached hydrogens (primary N) is 1. The van der Waals surface area contributed by atoms with E-state index in [0.717, 1.165) is 24.2 Å². The van der Waals surface area contributed by atoms with Gasteiger partial charge in [-0.15, -0.1) is 0 Å². The van der Waals surface area contributed by atoms with E-state index in [0.29, 0.717) is 6.04 Å². The van der Waals surface area contributed by atoms with Crippen molar-refractivity contribution < 1.29 is 0 Å². The van der Waals surface area contributed by atoms with Crippen molar-refractivity contribution in [2.45, 2.75) is 38.6 Å². The van der Waals surface area contributed by atoms with Crippen LogP contribution in [-0.4, -0.2) is 0 Å². The first kappa shape index (κ1) is 10.3. The smallest absolute Gasteiger partial charge is 0.0329 e. The first-order valence-electron chi connectivity index (χ1n) is 6.65. The highest BCUT2D eigenvalue weighted by Gasteiger charge is 2.55. The highest BCUT2D eigenvalue weighted by atomic mass is 14.7. The summed E-state index contributed by atoms with van der Waals surface area (Å²) in [5.74, 6) is 2.71. The molecule has 0 aliphatic heterocycles. The van der Waals surface area contributed by atoms with Gasteiger partial charge in [-0.1, -0.05) is 37.6 Å². The average Bonchev–Trinajstić information content (AvgIpc) is 2.81. The van der Waals surface area contributed by atoms with Gasteiger partial charge < -0.3 is 5.73 Å². The molecule has 0 spiro atoms. The van der Waals surface area contributed by atoms with E-state index in [-0.39, 0.29) is 0 Å². The van der Waals surface area contributed by atoms with E-state index in [1.807, 2.05) is 0 Å². The zero-order chi connectivity index (χ0) is 11.1. The van der Waals surface area contributed by atoms with Crippen molar-refractivity contribution in [1.29, 1.82) is 0 Å². The van der Waals surface area contributed by atoms with Gasteiger partial charge in [0.25, 0.3) is 0 Å². The predicted octanol–water partition coefficient (Wildman–Crippen LogP) is 3.29. The third-order valence-corrected chi connectivity index (χ3v) is 4.66. The van der Waals surface area contributed by atoms with Crippen molar-refractivity contribution in [1.82, 2.24) is 0 Å². The van der Waals surface area contributed by atoms with Crippen molar-refractivity contribution in [2.24, 2.45) is 23.5 Å². The first-order valence-corrected chi connectivity index (χ1v) is 6.65. The molecule has 0 aromatic heterocycles. The zero-order valence-electron chi connectivity index (χ0n) is 10.0. The standard InChI is InChI=1S/C15H21N/c1-2-10-6-8-11(9-7-10)15(16)14-12-4-3-5-13(12)14/h6-9,12-15H,2-5,16H2,1H3. The molecule has 2 saturated carbocycles. The van der Waals surface area contributed by atoms with Crippen LogP contribution >= 0.6 is 0 Å². The summed E-state index contributed by atoms with van der Waals surface area (Å²) in [5, 5.41) is 0. The summed E-state index contributed by atoms with van der Waals surface area (Å²) in [6.07, 6.45) is 5.41. The fourth-order valence-electron chi connectivity index (χ4n) is 3.61. The van der Waals surface area contributed by atoms with Crippen molar-refractivity contribution in [3.63, 3.8) is 0 Å². The molecule has 2 N–H and O–H groups in total. The van der Waals surface area contributed by atoms with E-state index in [1.165, 1.54) is 30.4 Å². The van der Waals surface area contributed by atoms with Gasteiger partial charge >= 0.3 is 0 Å². The molecule has 3 atom stereocenters. The molecule has 16 heavy (non-hydrogen) atoms. The van der Waals surface area contributed by atoms with Gasteiger partial charge in [0.15, 0.2) is 0 Å². The van der Waals surface area contributed by atoms with Crippen LogP contribution in [0.15, 0.2) is 24.3 Å². The second-order valence-electron chi connectivity index (χ2n) is 5.46. The van der Waals surface area contributed by atoms with E-state index < -0.39 is 0 Å². The first-order chi connectivity index (χ1) is 7.81. The summed E-state index contributed by atoms with van der Waals surface area (Å²) >= 11 is 0. The highest BCUT2D eigenvalue weighted by Crippen LogP contribution is 2.61. The number of hydrogen-bond donors (Lipinski definition) is 1. The highest BCUT2D eigenvalue weighted by molar-refractivity contribution is 5.27. The fourth-order valence-corrected chi connectivity index (χ4v) is 3.61. The molecule has 0 radical (unpaired) electrons. The quantitative estimate of drug-likeness (QED) is 0.822. The summed E-state index contributed by atoms with van der Waals surface area (Å²) in [6.45, 7) is 2.19. The minimum atomic E-state index is 0.293. The van der Waals surface area contributed by atoms with Crippen LogP contribution in [0.5, 0.6) is 0 Å². The maximum absolute atomic E-state index is 6.38. The summed E-state index contributed by atoms with van der Waals surface area (Å²) in [7, 11) is 0. The molecule has 1 heteroatoms. The summed E-state index contributed by atoms with van der Waals surface area (Å²) in [4.78, 5) is 0. The maximum atomic E-state index is 6.38. The van der Waals surface area contributed by atoms with Gasteiger partial charge in [0.1, 0.15) is 0 Å². The number of benzene rings is 1. The molecule has 1 aromatic rings. The topological polar surface area (TPSA) is 26.0 Å². The molecule has 3 rings (SSSR count). The molecule has 1 aromatic carbocycles. The molecule has 1 nitrogen and oxygen atoms in total. The van der Waals surface area contributed by atoms with Crippen molar-refractivity contribution in [2.75, 3.05) is 0 Å². The molecular weight excluding hydrogens is 194 g/mol. The summed E-state index contributed by atoms with van der Waals surface area (Å²) in [5.41, 5.74) is 9.14. The van der Waals surface area contributed by atoms with Gasteiger partial charge in [-0.25, -0.2) is 0 Å². The van der Waals surface area contributed by atoms with E-state index >= 15 is 0 Å². The van der Waals surface area contributed by atoms with Crippen LogP contribution in [-0.2, 0) is 6.42 Å². The largest absolute Gasteiger partial charge is 0.324 e. The molecular formula is C15H21N. The Morgan fingerprint density at radius 2 is 1.81 bits per heavy atom. The van der Waals surface area contributed by atoms with Crippen LogP contribution in [0.4, 0.5) is 0 Å². The number of rotatable bonds is 3. The van der Waals surface area contributed by atoms with Gasteiger partial charge in [-0.3, -0.25) is 0 Å². The summed E-state index contributed by atoms with van der Waals surface area (Å²) in [6, 6.07) is 9.22.